The molecular formula is C32H25NO4. The van der Waals surface area contributed by atoms with E-state index < -0.39 is 11.4 Å². The third-order valence-electron chi connectivity index (χ3n) is 6.63. The van der Waals surface area contributed by atoms with Crippen molar-refractivity contribution in [2.75, 3.05) is 4.90 Å². The summed E-state index contributed by atoms with van der Waals surface area (Å²) in [5, 5.41) is 1.31. The number of hydrogen-bond donors (Lipinski definition) is 0. The van der Waals surface area contributed by atoms with Crippen LogP contribution in [0.5, 0.6) is 11.5 Å². The summed E-state index contributed by atoms with van der Waals surface area (Å²) in [6, 6.07) is 31.6. The van der Waals surface area contributed by atoms with Crippen molar-refractivity contribution < 1.29 is 19.1 Å². The second-order valence-electron chi connectivity index (χ2n) is 10.2. The van der Waals surface area contributed by atoms with E-state index in [1.807, 2.05) is 81.4 Å². The van der Waals surface area contributed by atoms with Gasteiger partial charge in [-0.25, -0.2) is 9.59 Å². The van der Waals surface area contributed by atoms with Gasteiger partial charge in [0.25, 0.3) is 0 Å². The molecule has 0 aromatic heterocycles. The van der Waals surface area contributed by atoms with Gasteiger partial charge in [0, 0.05) is 27.5 Å². The second kappa shape index (κ2) is 8.49. The molecule has 2 heterocycles. The Balaban J connectivity index is 1.46. The van der Waals surface area contributed by atoms with Crippen LogP contribution in [0.4, 0.5) is 17.1 Å². The molecule has 5 nitrogen and oxygen atoms in total. The first-order valence-electron chi connectivity index (χ1n) is 12.2. The summed E-state index contributed by atoms with van der Waals surface area (Å²) in [6.07, 6.45) is 0. The van der Waals surface area contributed by atoms with Crippen molar-refractivity contribution in [3.8, 4) is 11.5 Å². The standard InChI is InChI=1S/C32H25NO4/c1-32(2,3)29-25-19-26-24(18-27(25)37-31(29)35)28(30(34)36-26)20-14-16-23(17-15-20)33(21-10-6-4-7-11-21)22-12-8-5-9-13-22/h4-19H,1-3H3. The first-order chi connectivity index (χ1) is 17.8. The molecule has 182 valence electrons. The molecule has 0 atom stereocenters. The van der Waals surface area contributed by atoms with Gasteiger partial charge in [-0.05, 0) is 59.5 Å². The molecule has 4 aromatic carbocycles. The minimum atomic E-state index is -0.418. The average molecular weight is 488 g/mol. The molecule has 2 aliphatic heterocycles. The summed E-state index contributed by atoms with van der Waals surface area (Å²) >= 11 is 0. The molecule has 0 radical (unpaired) electrons. The lowest BCUT2D eigenvalue weighted by Gasteiger charge is -2.25. The van der Waals surface area contributed by atoms with Crippen LogP contribution in [-0.2, 0) is 9.59 Å². The zero-order valence-electron chi connectivity index (χ0n) is 20.8. The fraction of sp³-hybridized carbons (Fsp3) is 0.125. The van der Waals surface area contributed by atoms with E-state index >= 15 is 0 Å². The predicted molar refractivity (Wildman–Crippen MR) is 143 cm³/mol. The van der Waals surface area contributed by atoms with Gasteiger partial charge in [0.15, 0.2) is 0 Å². The predicted octanol–water partition coefficient (Wildman–Crippen LogP) is 5.39. The Kier molecular flexibility index (Phi) is 5.23. The molecule has 0 bridgehead atoms. The third kappa shape index (κ3) is 3.89. The Morgan fingerprint density at radius 2 is 1.08 bits per heavy atom. The molecule has 0 spiro atoms. The third-order valence-corrected chi connectivity index (χ3v) is 6.63. The summed E-state index contributed by atoms with van der Waals surface area (Å²) in [7, 11) is 0. The van der Waals surface area contributed by atoms with Crippen molar-refractivity contribution in [3.05, 3.63) is 113 Å². The number of hydrogen-bond acceptors (Lipinski definition) is 5. The summed E-state index contributed by atoms with van der Waals surface area (Å²) in [5.41, 5.74) is 4.39. The van der Waals surface area contributed by atoms with Crippen LogP contribution in [0.3, 0.4) is 0 Å². The Morgan fingerprint density at radius 1 is 0.595 bits per heavy atom. The monoisotopic (exact) mass is 487 g/mol. The second-order valence-corrected chi connectivity index (χ2v) is 10.2. The molecule has 5 heteroatoms. The number of carbonyl (C=O) groups excluding carboxylic acids is 2. The SMILES string of the molecule is CC(C)(C)C1=c2cc3c(cc2OC1=O)=C(c1ccc(N(c2ccccc2)c2ccccc2)cc1)C(=O)O3. The number of esters is 2. The highest BCUT2D eigenvalue weighted by Crippen LogP contribution is 2.36. The zero-order valence-corrected chi connectivity index (χ0v) is 20.8. The number of carbonyl (C=O) groups is 2. The molecule has 0 saturated heterocycles. The molecule has 2 aliphatic rings. The van der Waals surface area contributed by atoms with Crippen LogP contribution < -0.4 is 24.8 Å². The highest BCUT2D eigenvalue weighted by atomic mass is 16.5. The minimum absolute atomic E-state index is 0.356. The van der Waals surface area contributed by atoms with E-state index in [2.05, 4.69) is 29.2 Å². The van der Waals surface area contributed by atoms with Crippen molar-refractivity contribution >= 4 is 40.1 Å². The normalized spacial score (nSPS) is 14.2. The van der Waals surface area contributed by atoms with E-state index in [-0.39, 0.29) is 5.97 Å². The number of anilines is 3. The van der Waals surface area contributed by atoms with Gasteiger partial charge in [-0.3, -0.25) is 0 Å². The van der Waals surface area contributed by atoms with Crippen molar-refractivity contribution in [1.82, 2.24) is 0 Å². The number of benzene rings is 4. The molecule has 0 aliphatic carbocycles. The fourth-order valence-corrected chi connectivity index (χ4v) is 5.00. The molecule has 0 fully saturated rings. The highest BCUT2D eigenvalue weighted by Gasteiger charge is 2.34. The Hall–Kier alpha value is -4.64. The maximum Gasteiger partial charge on any atom is 0.344 e. The van der Waals surface area contributed by atoms with Crippen molar-refractivity contribution in [1.29, 1.82) is 0 Å². The van der Waals surface area contributed by atoms with E-state index in [9.17, 15) is 9.59 Å². The van der Waals surface area contributed by atoms with Crippen LogP contribution in [-0.4, -0.2) is 11.9 Å². The maximum atomic E-state index is 13.0. The molecule has 6 rings (SSSR count). The number of ether oxygens (including phenoxy) is 2. The van der Waals surface area contributed by atoms with Crippen molar-refractivity contribution in [2.24, 2.45) is 5.41 Å². The van der Waals surface area contributed by atoms with Crippen molar-refractivity contribution in [3.63, 3.8) is 0 Å². The lowest BCUT2D eigenvalue weighted by Crippen LogP contribution is -2.20. The first-order valence-corrected chi connectivity index (χ1v) is 12.2. The van der Waals surface area contributed by atoms with Gasteiger partial charge < -0.3 is 14.4 Å². The quantitative estimate of drug-likeness (QED) is 0.285. The summed E-state index contributed by atoms with van der Waals surface area (Å²) < 4.78 is 11.2. The van der Waals surface area contributed by atoms with Crippen LogP contribution in [0.15, 0.2) is 97.1 Å². The zero-order chi connectivity index (χ0) is 25.7. The van der Waals surface area contributed by atoms with E-state index in [0.29, 0.717) is 33.1 Å². The van der Waals surface area contributed by atoms with Gasteiger partial charge in [-0.1, -0.05) is 69.3 Å². The van der Waals surface area contributed by atoms with Gasteiger partial charge in [-0.2, -0.15) is 0 Å². The van der Waals surface area contributed by atoms with E-state index in [0.717, 1.165) is 22.6 Å². The summed E-state index contributed by atoms with van der Waals surface area (Å²) in [6.45, 7) is 5.89. The van der Waals surface area contributed by atoms with Crippen molar-refractivity contribution in [2.45, 2.75) is 20.8 Å². The van der Waals surface area contributed by atoms with Crippen LogP contribution in [0, 0.1) is 5.41 Å². The largest absolute Gasteiger partial charge is 0.422 e. The molecule has 37 heavy (non-hydrogen) atoms. The smallest absolute Gasteiger partial charge is 0.344 e. The average Bonchev–Trinajstić information content (AvgIpc) is 3.38. The van der Waals surface area contributed by atoms with Crippen LogP contribution >= 0.6 is 0 Å². The van der Waals surface area contributed by atoms with Gasteiger partial charge in [0.05, 0.1) is 11.1 Å². The first kappa shape index (κ1) is 22.8. The highest BCUT2D eigenvalue weighted by molar-refractivity contribution is 6.20. The lowest BCUT2D eigenvalue weighted by molar-refractivity contribution is -0.128. The molecule has 0 saturated carbocycles. The Morgan fingerprint density at radius 3 is 1.65 bits per heavy atom. The van der Waals surface area contributed by atoms with Crippen LogP contribution in [0.25, 0.3) is 11.1 Å². The van der Waals surface area contributed by atoms with E-state index in [4.69, 9.17) is 9.47 Å². The van der Waals surface area contributed by atoms with Gasteiger partial charge in [0.2, 0.25) is 0 Å². The lowest BCUT2D eigenvalue weighted by atomic mass is 9.85. The van der Waals surface area contributed by atoms with Crippen LogP contribution in [0.1, 0.15) is 26.3 Å². The number of para-hydroxylation sites is 2. The Labute approximate surface area is 214 Å². The van der Waals surface area contributed by atoms with Gasteiger partial charge >= 0.3 is 11.9 Å². The van der Waals surface area contributed by atoms with E-state index in [1.165, 1.54) is 0 Å². The number of nitrogens with zero attached hydrogens (tertiary/aromatic N) is 1. The Bertz CT molecular complexity index is 1630. The van der Waals surface area contributed by atoms with E-state index in [1.54, 1.807) is 12.1 Å². The number of fused-ring (bicyclic) bond motifs is 2. The molecule has 0 unspecified atom stereocenters. The van der Waals surface area contributed by atoms with Gasteiger partial charge in [0.1, 0.15) is 11.5 Å². The number of rotatable bonds is 4. The fourth-order valence-electron chi connectivity index (χ4n) is 5.00. The molecule has 0 N–H and O–H groups in total. The molecular weight excluding hydrogens is 462 g/mol. The minimum Gasteiger partial charge on any atom is -0.422 e. The summed E-state index contributed by atoms with van der Waals surface area (Å²) in [4.78, 5) is 27.7. The van der Waals surface area contributed by atoms with Crippen LogP contribution in [0.2, 0.25) is 0 Å². The van der Waals surface area contributed by atoms with Gasteiger partial charge in [-0.15, -0.1) is 0 Å². The summed E-state index contributed by atoms with van der Waals surface area (Å²) in [5.74, 6) is 0.127. The maximum absolute atomic E-state index is 13.0. The molecule has 4 aromatic rings. The molecule has 0 amide bonds. The topological polar surface area (TPSA) is 55.8 Å².